The highest BCUT2D eigenvalue weighted by Crippen LogP contribution is 2.43. The van der Waals surface area contributed by atoms with E-state index in [0.29, 0.717) is 32.1 Å². The number of hydrogen-bond acceptors (Lipinski definition) is 6. The Morgan fingerprint density at radius 2 is 2.07 bits per heavy atom. The van der Waals surface area contributed by atoms with Gasteiger partial charge in [0, 0.05) is 44.7 Å². The minimum Gasteiger partial charge on any atom is -0.483 e. The van der Waals surface area contributed by atoms with Crippen molar-refractivity contribution in [3.05, 3.63) is 18.2 Å². The number of hydrogen-bond donors (Lipinski definition) is 3. The number of imidazole rings is 1. The molecule has 0 saturated carbocycles. The van der Waals surface area contributed by atoms with Gasteiger partial charge in [0.1, 0.15) is 0 Å². The number of rotatable bonds is 3. The molecule has 0 aliphatic carbocycles. The van der Waals surface area contributed by atoms with Gasteiger partial charge in [0.25, 0.3) is 12.4 Å². The third kappa shape index (κ3) is 4.65. The molecule has 4 rings (SSSR count). The molecule has 2 amide bonds. The van der Waals surface area contributed by atoms with Gasteiger partial charge in [-0.1, -0.05) is 0 Å². The van der Waals surface area contributed by atoms with Crippen molar-refractivity contribution in [2.75, 3.05) is 39.9 Å². The van der Waals surface area contributed by atoms with Crippen LogP contribution in [0.25, 0.3) is 0 Å². The van der Waals surface area contributed by atoms with E-state index in [1.807, 2.05) is 4.90 Å². The smallest absolute Gasteiger partial charge is 0.290 e. The molecule has 1 aromatic rings. The van der Waals surface area contributed by atoms with Crippen molar-refractivity contribution in [2.24, 2.45) is 5.41 Å². The van der Waals surface area contributed by atoms with Crippen molar-refractivity contribution in [1.29, 1.82) is 0 Å². The number of ether oxygens (including phenoxy) is 1. The Morgan fingerprint density at radius 1 is 1.33 bits per heavy atom. The first kappa shape index (κ1) is 22.2. The SMILES string of the molecule is CN1CC[C@]2(C(=O)NC3CCOCC3)CCCN(C(=O)c3ncc[nH]3)[C@H]2C1.O=CO. The molecule has 3 N–H and O–H groups in total. The van der Waals surface area contributed by atoms with Crippen LogP contribution in [0.3, 0.4) is 0 Å². The van der Waals surface area contributed by atoms with Crippen LogP contribution in [0.5, 0.6) is 0 Å². The van der Waals surface area contributed by atoms with Crippen LogP contribution in [0.15, 0.2) is 12.4 Å². The molecule has 3 aliphatic heterocycles. The Hall–Kier alpha value is -2.46. The third-order valence-corrected chi connectivity index (χ3v) is 6.43. The van der Waals surface area contributed by atoms with E-state index in [9.17, 15) is 9.59 Å². The van der Waals surface area contributed by atoms with Crippen molar-refractivity contribution < 1.29 is 24.2 Å². The Bertz CT molecular complexity index is 721. The second-order valence-electron chi connectivity index (χ2n) is 8.19. The van der Waals surface area contributed by atoms with Crippen LogP contribution in [0.2, 0.25) is 0 Å². The van der Waals surface area contributed by atoms with Crippen molar-refractivity contribution in [3.8, 4) is 0 Å². The zero-order chi connectivity index (χ0) is 21.6. The highest BCUT2D eigenvalue weighted by Gasteiger charge is 2.54. The van der Waals surface area contributed by atoms with Gasteiger partial charge in [-0.25, -0.2) is 4.98 Å². The van der Waals surface area contributed by atoms with E-state index in [4.69, 9.17) is 14.6 Å². The second-order valence-corrected chi connectivity index (χ2v) is 8.19. The number of nitrogens with one attached hydrogen (secondary N) is 2. The lowest BCUT2D eigenvalue weighted by atomic mass is 9.67. The number of aromatic amines is 1. The zero-order valence-corrected chi connectivity index (χ0v) is 17.4. The molecule has 10 nitrogen and oxygen atoms in total. The lowest BCUT2D eigenvalue weighted by Crippen LogP contribution is -2.67. The number of carbonyl (C=O) groups is 3. The fraction of sp³-hybridized carbons (Fsp3) is 0.700. The Labute approximate surface area is 176 Å². The number of fused-ring (bicyclic) bond motifs is 1. The minimum absolute atomic E-state index is 0.108. The first-order chi connectivity index (χ1) is 14.5. The van der Waals surface area contributed by atoms with Gasteiger partial charge < -0.3 is 29.9 Å². The molecule has 3 aliphatic rings. The standard InChI is InChI=1S/C19H29N5O3.CH2O2/c1-23-10-6-19(18(26)22-14-3-11-27-12-4-14)5-2-9-24(15(19)13-23)17(25)16-20-7-8-21-16;2-1-3/h7-8,14-15H,2-6,9-13H2,1H3,(H,20,21)(H,22,26);1H,(H,2,3)/t15-,19+;/m0./s1. The Kier molecular flexibility index (Phi) is 7.43. The van der Waals surface area contributed by atoms with E-state index in [-0.39, 0.29) is 30.4 Å². The summed E-state index contributed by atoms with van der Waals surface area (Å²) in [5.74, 6) is 0.358. The van der Waals surface area contributed by atoms with E-state index in [0.717, 1.165) is 38.6 Å². The van der Waals surface area contributed by atoms with E-state index in [1.54, 1.807) is 12.4 Å². The van der Waals surface area contributed by atoms with Crippen LogP contribution in [0, 0.1) is 5.41 Å². The largest absolute Gasteiger partial charge is 0.483 e. The molecule has 30 heavy (non-hydrogen) atoms. The number of nitrogens with zero attached hydrogens (tertiary/aromatic N) is 3. The van der Waals surface area contributed by atoms with Gasteiger partial charge in [-0.05, 0) is 45.7 Å². The summed E-state index contributed by atoms with van der Waals surface area (Å²) >= 11 is 0. The normalized spacial score (nSPS) is 27.4. The molecule has 0 radical (unpaired) electrons. The van der Waals surface area contributed by atoms with Crippen LogP contribution in [-0.4, -0.2) is 95.1 Å². The molecular formula is C20H31N5O5. The maximum atomic E-state index is 13.5. The first-order valence-corrected chi connectivity index (χ1v) is 10.5. The molecule has 166 valence electrons. The fourth-order valence-corrected chi connectivity index (χ4v) is 4.84. The molecule has 3 saturated heterocycles. The van der Waals surface area contributed by atoms with Gasteiger partial charge in [0.15, 0.2) is 5.82 Å². The van der Waals surface area contributed by atoms with E-state index in [2.05, 4.69) is 27.2 Å². The highest BCUT2D eigenvalue weighted by atomic mass is 16.5. The molecule has 0 unspecified atom stereocenters. The summed E-state index contributed by atoms with van der Waals surface area (Å²) < 4.78 is 5.41. The van der Waals surface area contributed by atoms with Crippen LogP contribution < -0.4 is 5.32 Å². The predicted molar refractivity (Wildman–Crippen MR) is 108 cm³/mol. The van der Waals surface area contributed by atoms with Gasteiger partial charge in [-0.3, -0.25) is 14.4 Å². The Morgan fingerprint density at radius 3 is 2.73 bits per heavy atom. The zero-order valence-electron chi connectivity index (χ0n) is 17.4. The summed E-state index contributed by atoms with van der Waals surface area (Å²) in [6, 6.07) is 0.0551. The molecule has 4 heterocycles. The lowest BCUT2D eigenvalue weighted by molar-refractivity contribution is -0.143. The quantitative estimate of drug-likeness (QED) is 0.600. The van der Waals surface area contributed by atoms with E-state index in [1.165, 1.54) is 0 Å². The van der Waals surface area contributed by atoms with Gasteiger partial charge in [0.05, 0.1) is 11.5 Å². The summed E-state index contributed by atoms with van der Waals surface area (Å²) in [4.78, 5) is 46.0. The predicted octanol–water partition coefficient (Wildman–Crippen LogP) is 0.332. The van der Waals surface area contributed by atoms with Gasteiger partial charge in [-0.2, -0.15) is 0 Å². The maximum Gasteiger partial charge on any atom is 0.290 e. The average molecular weight is 421 g/mol. The van der Waals surface area contributed by atoms with Gasteiger partial charge in [-0.15, -0.1) is 0 Å². The van der Waals surface area contributed by atoms with Gasteiger partial charge >= 0.3 is 0 Å². The number of carbonyl (C=O) groups excluding carboxylic acids is 2. The summed E-state index contributed by atoms with van der Waals surface area (Å²) in [6.07, 6.45) is 7.44. The van der Waals surface area contributed by atoms with Crippen molar-refractivity contribution >= 4 is 18.3 Å². The van der Waals surface area contributed by atoms with Crippen molar-refractivity contribution in [1.82, 2.24) is 25.1 Å². The lowest BCUT2D eigenvalue weighted by Gasteiger charge is -2.53. The van der Waals surface area contributed by atoms with E-state index < -0.39 is 5.41 Å². The minimum atomic E-state index is -0.509. The molecule has 3 fully saturated rings. The average Bonchev–Trinajstić information content (AvgIpc) is 3.29. The molecule has 2 atom stereocenters. The molecule has 1 aromatic heterocycles. The Balaban J connectivity index is 0.000000806. The summed E-state index contributed by atoms with van der Waals surface area (Å²) in [5.41, 5.74) is -0.509. The van der Waals surface area contributed by atoms with Crippen LogP contribution in [-0.2, 0) is 14.3 Å². The van der Waals surface area contributed by atoms with Crippen LogP contribution >= 0.6 is 0 Å². The van der Waals surface area contributed by atoms with Crippen molar-refractivity contribution in [2.45, 2.75) is 44.2 Å². The monoisotopic (exact) mass is 421 g/mol. The van der Waals surface area contributed by atoms with E-state index >= 15 is 0 Å². The summed E-state index contributed by atoms with van der Waals surface area (Å²) in [6.45, 7) is 3.42. The van der Waals surface area contributed by atoms with Crippen LogP contribution in [0.4, 0.5) is 0 Å². The molecule has 0 aromatic carbocycles. The number of carboxylic acid groups (broad SMARTS) is 1. The fourth-order valence-electron chi connectivity index (χ4n) is 4.84. The maximum absolute atomic E-state index is 13.5. The molecule has 10 heteroatoms. The topological polar surface area (TPSA) is 128 Å². The molecular weight excluding hydrogens is 390 g/mol. The number of H-pyrrole nitrogens is 1. The number of likely N-dealkylation sites (N-methyl/N-ethyl adjacent to an activating group) is 1. The van der Waals surface area contributed by atoms with Gasteiger partial charge in [0.2, 0.25) is 5.91 Å². The number of piperidine rings is 2. The van der Waals surface area contributed by atoms with Crippen molar-refractivity contribution in [3.63, 3.8) is 0 Å². The molecule has 0 spiro atoms. The molecule has 0 bridgehead atoms. The second kappa shape index (κ2) is 10.0. The number of likely N-dealkylation sites (tertiary alicyclic amines) is 2. The van der Waals surface area contributed by atoms with Crippen LogP contribution in [0.1, 0.15) is 42.7 Å². The number of amides is 2. The number of aromatic nitrogens is 2. The first-order valence-electron chi connectivity index (χ1n) is 10.5. The third-order valence-electron chi connectivity index (χ3n) is 6.43. The summed E-state index contributed by atoms with van der Waals surface area (Å²) in [7, 11) is 2.06. The highest BCUT2D eigenvalue weighted by molar-refractivity contribution is 5.92. The summed E-state index contributed by atoms with van der Waals surface area (Å²) in [5, 5.41) is 10.2.